The first-order valence-electron chi connectivity index (χ1n) is 7.44. The third-order valence-corrected chi connectivity index (χ3v) is 4.55. The van der Waals surface area contributed by atoms with Crippen molar-refractivity contribution >= 4 is 23.2 Å². The number of hydrogen-bond acceptors (Lipinski definition) is 5. The lowest BCUT2D eigenvalue weighted by molar-refractivity contribution is -0.135. The van der Waals surface area contributed by atoms with Gasteiger partial charge in [-0.25, -0.2) is 0 Å². The zero-order valence-electron chi connectivity index (χ0n) is 12.6. The van der Waals surface area contributed by atoms with Gasteiger partial charge in [-0.1, -0.05) is 6.92 Å². The molecule has 7 heteroatoms. The van der Waals surface area contributed by atoms with E-state index in [4.69, 9.17) is 0 Å². The number of aryl methyl sites for hydroxylation is 1. The minimum absolute atomic E-state index is 0.0461. The first-order chi connectivity index (χ1) is 10.1. The van der Waals surface area contributed by atoms with E-state index in [1.807, 2.05) is 18.7 Å². The summed E-state index contributed by atoms with van der Waals surface area (Å²) in [5.74, 6) is 0.104. The van der Waals surface area contributed by atoms with Crippen LogP contribution in [0.15, 0.2) is 0 Å². The van der Waals surface area contributed by atoms with E-state index in [2.05, 4.69) is 15.5 Å². The average molecular weight is 310 g/mol. The van der Waals surface area contributed by atoms with Crippen molar-refractivity contribution in [3.05, 3.63) is 10.0 Å². The minimum Gasteiger partial charge on any atom is -0.355 e. The number of hydrogen-bond donors (Lipinski definition) is 1. The Morgan fingerprint density at radius 2 is 2.24 bits per heavy atom. The molecule has 6 nitrogen and oxygen atoms in total. The predicted octanol–water partition coefficient (Wildman–Crippen LogP) is 1.15. The quantitative estimate of drug-likeness (QED) is 0.885. The Bertz CT molecular complexity index is 503. The fraction of sp³-hybridized carbons (Fsp3) is 0.714. The van der Waals surface area contributed by atoms with E-state index in [0.29, 0.717) is 25.9 Å². The molecule has 1 atom stereocenters. The van der Waals surface area contributed by atoms with Crippen LogP contribution in [0.25, 0.3) is 0 Å². The van der Waals surface area contributed by atoms with Crippen LogP contribution in [0.3, 0.4) is 0 Å². The zero-order chi connectivity index (χ0) is 15.2. The van der Waals surface area contributed by atoms with Gasteiger partial charge in [0.1, 0.15) is 10.0 Å². The summed E-state index contributed by atoms with van der Waals surface area (Å²) >= 11 is 1.56. The standard InChI is InChI=1S/C14H22N4O2S/c1-3-13(19)18-8-4-5-11(9-18)14(20)15-7-6-12-17-16-10(2)21-12/h11H,3-9H2,1-2H3,(H,15,20)/t11-/m0/s1. The molecular weight excluding hydrogens is 288 g/mol. The lowest BCUT2D eigenvalue weighted by Gasteiger charge is -2.31. The van der Waals surface area contributed by atoms with Crippen molar-refractivity contribution in [3.8, 4) is 0 Å². The third-order valence-electron chi connectivity index (χ3n) is 3.65. The highest BCUT2D eigenvalue weighted by Gasteiger charge is 2.27. The molecule has 1 N–H and O–H groups in total. The first-order valence-corrected chi connectivity index (χ1v) is 8.26. The van der Waals surface area contributed by atoms with Crippen molar-refractivity contribution < 1.29 is 9.59 Å². The molecule has 0 aliphatic carbocycles. The maximum atomic E-state index is 12.2. The van der Waals surface area contributed by atoms with Crippen LogP contribution in [0.1, 0.15) is 36.2 Å². The molecule has 1 saturated heterocycles. The highest BCUT2D eigenvalue weighted by Crippen LogP contribution is 2.17. The number of aromatic nitrogens is 2. The molecular formula is C14H22N4O2S. The van der Waals surface area contributed by atoms with Crippen LogP contribution in [-0.2, 0) is 16.0 Å². The van der Waals surface area contributed by atoms with Crippen LogP contribution < -0.4 is 5.32 Å². The Morgan fingerprint density at radius 3 is 2.90 bits per heavy atom. The molecule has 1 aromatic rings. The van der Waals surface area contributed by atoms with Gasteiger partial charge in [-0.15, -0.1) is 21.5 Å². The number of rotatable bonds is 5. The largest absolute Gasteiger partial charge is 0.355 e. The summed E-state index contributed by atoms with van der Waals surface area (Å²) in [6.45, 7) is 5.68. The Balaban J connectivity index is 1.76. The van der Waals surface area contributed by atoms with Gasteiger partial charge in [-0.3, -0.25) is 9.59 Å². The van der Waals surface area contributed by atoms with Crippen molar-refractivity contribution in [3.63, 3.8) is 0 Å². The number of nitrogens with one attached hydrogen (secondary N) is 1. The van der Waals surface area contributed by atoms with Crippen LogP contribution in [0.5, 0.6) is 0 Å². The molecule has 21 heavy (non-hydrogen) atoms. The minimum atomic E-state index is -0.0783. The van der Waals surface area contributed by atoms with Gasteiger partial charge >= 0.3 is 0 Å². The summed E-state index contributed by atoms with van der Waals surface area (Å²) in [5.41, 5.74) is 0. The van der Waals surface area contributed by atoms with Gasteiger partial charge in [0.05, 0.1) is 5.92 Å². The van der Waals surface area contributed by atoms with Crippen molar-refractivity contribution in [2.45, 2.75) is 39.5 Å². The van der Waals surface area contributed by atoms with Crippen LogP contribution >= 0.6 is 11.3 Å². The van der Waals surface area contributed by atoms with Crippen LogP contribution in [0, 0.1) is 12.8 Å². The Labute approximate surface area is 128 Å². The molecule has 1 fully saturated rings. The molecule has 116 valence electrons. The summed E-state index contributed by atoms with van der Waals surface area (Å²) in [6, 6.07) is 0. The number of nitrogens with zero attached hydrogens (tertiary/aromatic N) is 3. The van der Waals surface area contributed by atoms with E-state index < -0.39 is 0 Å². The zero-order valence-corrected chi connectivity index (χ0v) is 13.4. The molecule has 1 aliphatic heterocycles. The fourth-order valence-electron chi connectivity index (χ4n) is 2.52. The second-order valence-corrected chi connectivity index (χ2v) is 6.55. The SMILES string of the molecule is CCC(=O)N1CCC[C@H](C(=O)NCCc2nnc(C)s2)C1. The van der Waals surface area contributed by atoms with Gasteiger partial charge in [0, 0.05) is 32.5 Å². The lowest BCUT2D eigenvalue weighted by atomic mass is 9.97. The van der Waals surface area contributed by atoms with Crippen LogP contribution in [-0.4, -0.2) is 46.5 Å². The number of piperidine rings is 1. The molecule has 0 saturated carbocycles. The van der Waals surface area contributed by atoms with Gasteiger partial charge < -0.3 is 10.2 Å². The second kappa shape index (κ2) is 7.49. The molecule has 1 aliphatic rings. The summed E-state index contributed by atoms with van der Waals surface area (Å²) in [4.78, 5) is 25.7. The van der Waals surface area contributed by atoms with Gasteiger partial charge in [-0.2, -0.15) is 0 Å². The number of carbonyl (C=O) groups excluding carboxylic acids is 2. The van der Waals surface area contributed by atoms with E-state index >= 15 is 0 Å². The Morgan fingerprint density at radius 1 is 1.43 bits per heavy atom. The number of carbonyl (C=O) groups is 2. The van der Waals surface area contributed by atoms with Gasteiger partial charge in [0.15, 0.2) is 0 Å². The summed E-state index contributed by atoms with van der Waals surface area (Å²) in [5, 5.41) is 12.8. The maximum absolute atomic E-state index is 12.2. The van der Waals surface area contributed by atoms with Crippen molar-refractivity contribution in [1.29, 1.82) is 0 Å². The predicted molar refractivity (Wildman–Crippen MR) is 81.0 cm³/mol. The molecule has 0 radical (unpaired) electrons. The van der Waals surface area contributed by atoms with Crippen LogP contribution in [0.4, 0.5) is 0 Å². The summed E-state index contributed by atoms with van der Waals surface area (Å²) in [7, 11) is 0. The third kappa shape index (κ3) is 4.49. The smallest absolute Gasteiger partial charge is 0.224 e. The highest BCUT2D eigenvalue weighted by atomic mass is 32.1. The lowest BCUT2D eigenvalue weighted by Crippen LogP contribution is -2.45. The second-order valence-electron chi connectivity index (χ2n) is 5.29. The fourth-order valence-corrected chi connectivity index (χ4v) is 3.23. The molecule has 2 heterocycles. The topological polar surface area (TPSA) is 75.2 Å². The van der Waals surface area contributed by atoms with E-state index in [9.17, 15) is 9.59 Å². The Kier molecular flexibility index (Phi) is 5.67. The Hall–Kier alpha value is -1.50. The first kappa shape index (κ1) is 15.9. The average Bonchev–Trinajstić information content (AvgIpc) is 2.92. The van der Waals surface area contributed by atoms with Gasteiger partial charge in [0.25, 0.3) is 0 Å². The normalized spacial score (nSPS) is 18.6. The maximum Gasteiger partial charge on any atom is 0.224 e. The van der Waals surface area contributed by atoms with Gasteiger partial charge in [-0.05, 0) is 19.8 Å². The number of amides is 2. The van der Waals surface area contributed by atoms with Crippen LogP contribution in [0.2, 0.25) is 0 Å². The van der Waals surface area contributed by atoms with Crippen molar-refractivity contribution in [2.24, 2.45) is 5.92 Å². The molecule has 1 aromatic heterocycles. The highest BCUT2D eigenvalue weighted by molar-refractivity contribution is 7.11. The molecule has 2 amide bonds. The van der Waals surface area contributed by atoms with Crippen molar-refractivity contribution in [1.82, 2.24) is 20.4 Å². The molecule has 0 spiro atoms. The van der Waals surface area contributed by atoms with E-state index in [-0.39, 0.29) is 17.7 Å². The monoisotopic (exact) mass is 310 g/mol. The van der Waals surface area contributed by atoms with E-state index in [1.165, 1.54) is 0 Å². The molecule has 0 bridgehead atoms. The number of likely N-dealkylation sites (tertiary alicyclic amines) is 1. The molecule has 0 unspecified atom stereocenters. The molecule has 2 rings (SSSR count). The van der Waals surface area contributed by atoms with Gasteiger partial charge in [0.2, 0.25) is 11.8 Å². The van der Waals surface area contributed by atoms with E-state index in [1.54, 1.807) is 11.3 Å². The van der Waals surface area contributed by atoms with E-state index in [0.717, 1.165) is 29.4 Å². The van der Waals surface area contributed by atoms with Crippen molar-refractivity contribution in [2.75, 3.05) is 19.6 Å². The summed E-state index contributed by atoms with van der Waals surface area (Å²) < 4.78 is 0. The molecule has 0 aromatic carbocycles. The summed E-state index contributed by atoms with van der Waals surface area (Å²) in [6.07, 6.45) is 2.98.